The molecule has 0 aromatic heterocycles. The zero-order valence-corrected chi connectivity index (χ0v) is 25.9. The van der Waals surface area contributed by atoms with Crippen molar-refractivity contribution in [1.29, 1.82) is 0 Å². The summed E-state index contributed by atoms with van der Waals surface area (Å²) >= 11 is 0. The summed E-state index contributed by atoms with van der Waals surface area (Å²) in [6.45, 7) is 8.20. The maximum absolute atomic E-state index is 14.2. The quantitative estimate of drug-likeness (QED) is 0.226. The van der Waals surface area contributed by atoms with Crippen LogP contribution in [0.5, 0.6) is 5.75 Å². The van der Waals surface area contributed by atoms with Crippen molar-refractivity contribution in [1.82, 2.24) is 10.2 Å². The van der Waals surface area contributed by atoms with E-state index in [1.165, 1.54) is 17.0 Å². The van der Waals surface area contributed by atoms with Crippen LogP contribution in [0.4, 0.5) is 5.69 Å². The van der Waals surface area contributed by atoms with Crippen LogP contribution in [0.15, 0.2) is 83.8 Å². The Morgan fingerprint density at radius 1 is 0.905 bits per heavy atom. The highest BCUT2D eigenvalue weighted by Crippen LogP contribution is 2.33. The number of aryl methyl sites for hydroxylation is 1. The summed E-state index contributed by atoms with van der Waals surface area (Å²) in [4.78, 5) is 29.1. The lowest BCUT2D eigenvalue weighted by Crippen LogP contribution is -2.53. The zero-order valence-electron chi connectivity index (χ0n) is 25.1. The first-order valence-corrected chi connectivity index (χ1v) is 16.1. The number of amides is 2. The molecule has 3 aromatic carbocycles. The minimum atomic E-state index is -4.17. The fourth-order valence-corrected chi connectivity index (χ4v) is 6.12. The lowest BCUT2D eigenvalue weighted by molar-refractivity contribution is -0.139. The molecule has 0 unspecified atom stereocenters. The lowest BCUT2D eigenvalue weighted by atomic mass is 10.1. The van der Waals surface area contributed by atoms with Crippen LogP contribution >= 0.6 is 0 Å². The summed E-state index contributed by atoms with van der Waals surface area (Å²) in [6, 6.07) is 22.3. The third-order valence-electron chi connectivity index (χ3n) is 7.02. The van der Waals surface area contributed by atoms with Crippen LogP contribution in [0.25, 0.3) is 0 Å². The van der Waals surface area contributed by atoms with Crippen LogP contribution < -0.4 is 14.4 Å². The fourth-order valence-electron chi connectivity index (χ4n) is 4.69. The highest BCUT2D eigenvalue weighted by Gasteiger charge is 2.34. The molecule has 0 aliphatic rings. The van der Waals surface area contributed by atoms with Gasteiger partial charge >= 0.3 is 0 Å². The van der Waals surface area contributed by atoms with Gasteiger partial charge in [0.05, 0.1) is 17.2 Å². The van der Waals surface area contributed by atoms with E-state index in [1.807, 2.05) is 58.0 Å². The van der Waals surface area contributed by atoms with Gasteiger partial charge < -0.3 is 15.0 Å². The molecule has 0 saturated heterocycles. The number of anilines is 1. The molecular formula is C33H43N3O5S. The molecule has 0 bridgehead atoms. The molecule has 1 atom stereocenters. The van der Waals surface area contributed by atoms with E-state index < -0.39 is 28.5 Å². The Balaban J connectivity index is 2.03. The summed E-state index contributed by atoms with van der Waals surface area (Å²) in [6.07, 6.45) is 2.67. The van der Waals surface area contributed by atoms with Crippen LogP contribution in [0.2, 0.25) is 0 Å². The number of carbonyl (C=O) groups excluding carboxylic acids is 2. The van der Waals surface area contributed by atoms with E-state index >= 15 is 0 Å². The van der Waals surface area contributed by atoms with E-state index in [1.54, 1.807) is 36.4 Å². The smallest absolute Gasteiger partial charge is 0.264 e. The molecule has 0 fully saturated rings. The SMILES string of the molecule is CCCCNC(=O)[C@@H](CC)N(CCc1ccccc1)C(=O)CN(c1ccccc1OCC)S(=O)(=O)c1ccc(C)cc1. The van der Waals surface area contributed by atoms with E-state index in [9.17, 15) is 18.0 Å². The highest BCUT2D eigenvalue weighted by molar-refractivity contribution is 7.92. The predicted molar refractivity (Wildman–Crippen MR) is 167 cm³/mol. The molecule has 42 heavy (non-hydrogen) atoms. The molecule has 0 aliphatic carbocycles. The Bertz CT molecular complexity index is 1390. The number of ether oxygens (including phenoxy) is 1. The minimum absolute atomic E-state index is 0.0624. The largest absolute Gasteiger partial charge is 0.492 e. The number of para-hydroxylation sites is 2. The summed E-state index contributed by atoms with van der Waals surface area (Å²) < 4.78 is 35.1. The van der Waals surface area contributed by atoms with Crippen LogP contribution in [0.1, 0.15) is 51.2 Å². The van der Waals surface area contributed by atoms with Crippen molar-refractivity contribution in [2.45, 2.75) is 64.3 Å². The van der Waals surface area contributed by atoms with Gasteiger partial charge in [-0.1, -0.05) is 80.4 Å². The Morgan fingerprint density at radius 2 is 1.57 bits per heavy atom. The first-order valence-electron chi connectivity index (χ1n) is 14.6. The van der Waals surface area contributed by atoms with Gasteiger partial charge in [-0.2, -0.15) is 0 Å². The number of carbonyl (C=O) groups is 2. The van der Waals surface area contributed by atoms with Gasteiger partial charge in [0.1, 0.15) is 18.3 Å². The van der Waals surface area contributed by atoms with Crippen molar-refractivity contribution in [3.05, 3.63) is 90.0 Å². The van der Waals surface area contributed by atoms with Gasteiger partial charge in [-0.3, -0.25) is 13.9 Å². The van der Waals surface area contributed by atoms with Crippen molar-refractivity contribution >= 4 is 27.5 Å². The number of sulfonamides is 1. The molecule has 1 N–H and O–H groups in total. The first kappa shape index (κ1) is 32.7. The summed E-state index contributed by atoms with van der Waals surface area (Å²) in [5.41, 5.74) is 2.19. The molecule has 8 nitrogen and oxygen atoms in total. The fraction of sp³-hybridized carbons (Fsp3) is 0.394. The predicted octanol–water partition coefficient (Wildman–Crippen LogP) is 5.36. The van der Waals surface area contributed by atoms with Crippen molar-refractivity contribution in [2.24, 2.45) is 0 Å². The second-order valence-corrected chi connectivity index (χ2v) is 12.0. The molecule has 3 rings (SSSR count). The number of hydrogen-bond acceptors (Lipinski definition) is 5. The van der Waals surface area contributed by atoms with Gasteiger partial charge in [0, 0.05) is 13.1 Å². The molecule has 2 amide bonds. The Kier molecular flexibility index (Phi) is 12.4. The van der Waals surface area contributed by atoms with E-state index in [-0.39, 0.29) is 23.0 Å². The Hall–Kier alpha value is -3.85. The summed E-state index contributed by atoms with van der Waals surface area (Å²) in [5, 5.41) is 2.96. The monoisotopic (exact) mass is 593 g/mol. The maximum atomic E-state index is 14.2. The van der Waals surface area contributed by atoms with Gasteiger partial charge in [0.15, 0.2) is 0 Å². The van der Waals surface area contributed by atoms with E-state index in [4.69, 9.17) is 4.74 Å². The first-order chi connectivity index (χ1) is 20.2. The maximum Gasteiger partial charge on any atom is 0.264 e. The second-order valence-electron chi connectivity index (χ2n) is 10.1. The zero-order chi connectivity index (χ0) is 30.5. The number of nitrogens with zero attached hydrogens (tertiary/aromatic N) is 2. The highest BCUT2D eigenvalue weighted by atomic mass is 32.2. The molecule has 0 spiro atoms. The molecule has 226 valence electrons. The molecule has 3 aromatic rings. The van der Waals surface area contributed by atoms with Crippen LogP contribution in [0, 0.1) is 6.92 Å². The van der Waals surface area contributed by atoms with E-state index in [2.05, 4.69) is 5.32 Å². The van der Waals surface area contributed by atoms with E-state index in [0.29, 0.717) is 31.7 Å². The van der Waals surface area contributed by atoms with Crippen molar-refractivity contribution in [3.63, 3.8) is 0 Å². The average Bonchev–Trinajstić information content (AvgIpc) is 2.99. The van der Waals surface area contributed by atoms with Gasteiger partial charge in [-0.05, 0) is 62.9 Å². The topological polar surface area (TPSA) is 96.0 Å². The van der Waals surface area contributed by atoms with Gasteiger partial charge in [0.25, 0.3) is 10.0 Å². The molecule has 0 radical (unpaired) electrons. The molecule has 0 aliphatic heterocycles. The van der Waals surface area contributed by atoms with Crippen LogP contribution in [0.3, 0.4) is 0 Å². The third kappa shape index (κ3) is 8.58. The molecular weight excluding hydrogens is 550 g/mol. The van der Waals surface area contributed by atoms with Crippen molar-refractivity contribution in [3.8, 4) is 5.75 Å². The molecule has 0 saturated carbocycles. The van der Waals surface area contributed by atoms with Crippen molar-refractivity contribution < 1.29 is 22.7 Å². The van der Waals surface area contributed by atoms with E-state index in [0.717, 1.165) is 28.3 Å². The normalized spacial score (nSPS) is 11.9. The number of rotatable bonds is 16. The molecule has 0 heterocycles. The van der Waals surface area contributed by atoms with Gasteiger partial charge in [0.2, 0.25) is 11.8 Å². The molecule has 9 heteroatoms. The summed E-state index contributed by atoms with van der Waals surface area (Å²) in [7, 11) is -4.17. The Morgan fingerprint density at radius 3 is 2.21 bits per heavy atom. The number of benzene rings is 3. The third-order valence-corrected chi connectivity index (χ3v) is 8.80. The lowest BCUT2D eigenvalue weighted by Gasteiger charge is -2.33. The minimum Gasteiger partial charge on any atom is -0.492 e. The number of hydrogen-bond donors (Lipinski definition) is 1. The standard InChI is InChI=1S/C33H43N3O5S/c1-5-8-23-34-33(38)29(6-2)35(24-22-27-14-10-9-11-15-27)32(37)25-36(30-16-12-13-17-31(30)41-7-3)42(39,40)28-20-18-26(4)19-21-28/h9-21,29H,5-8,22-25H2,1-4H3,(H,34,38)/t29-/m1/s1. The Labute approximate surface area is 250 Å². The van der Waals surface area contributed by atoms with Gasteiger partial charge in [-0.15, -0.1) is 0 Å². The number of nitrogens with one attached hydrogen (secondary N) is 1. The van der Waals surface area contributed by atoms with Gasteiger partial charge in [-0.25, -0.2) is 8.42 Å². The van der Waals surface area contributed by atoms with Crippen LogP contribution in [-0.2, 0) is 26.0 Å². The number of unbranched alkanes of at least 4 members (excludes halogenated alkanes) is 1. The summed E-state index contributed by atoms with van der Waals surface area (Å²) in [5.74, 6) is -0.357. The van der Waals surface area contributed by atoms with Crippen LogP contribution in [-0.4, -0.2) is 57.4 Å². The second kappa shape index (κ2) is 16.0. The van der Waals surface area contributed by atoms with Crippen molar-refractivity contribution in [2.75, 3.05) is 30.5 Å². The average molecular weight is 594 g/mol.